The number of hydrogen-bond donors (Lipinski definition) is 1. The Kier molecular flexibility index (Phi) is 8.69. The molecule has 1 saturated heterocycles. The van der Waals surface area contributed by atoms with Crippen LogP contribution >= 0.6 is 11.6 Å². The van der Waals surface area contributed by atoms with Crippen LogP contribution < -0.4 is 4.74 Å². The number of benzene rings is 3. The van der Waals surface area contributed by atoms with E-state index in [0.717, 1.165) is 29.8 Å². The number of halogens is 7. The molecule has 0 aliphatic carbocycles. The molecule has 12 heteroatoms. The number of aromatic nitrogens is 2. The van der Waals surface area contributed by atoms with Gasteiger partial charge in [0.2, 0.25) is 5.88 Å². The van der Waals surface area contributed by atoms with Gasteiger partial charge in [0.1, 0.15) is 11.4 Å². The summed E-state index contributed by atoms with van der Waals surface area (Å²) in [6.07, 6.45) is -8.20. The zero-order valence-electron chi connectivity index (χ0n) is 22.5. The van der Waals surface area contributed by atoms with Gasteiger partial charge in [0.25, 0.3) is 0 Å². The highest BCUT2D eigenvalue weighted by Gasteiger charge is 2.43. The Morgan fingerprint density at radius 3 is 1.63 bits per heavy atom. The van der Waals surface area contributed by atoms with Crippen LogP contribution in [0.3, 0.4) is 0 Å². The van der Waals surface area contributed by atoms with E-state index < -0.39 is 35.0 Å². The van der Waals surface area contributed by atoms with Gasteiger partial charge in [0, 0.05) is 12.6 Å². The molecule has 43 heavy (non-hydrogen) atoms. The van der Waals surface area contributed by atoms with Gasteiger partial charge >= 0.3 is 12.4 Å². The Balaban J connectivity index is 1.30. The third kappa shape index (κ3) is 7.11. The normalized spacial score (nSPS) is 15.4. The lowest BCUT2D eigenvalue weighted by Gasteiger charge is -2.42. The van der Waals surface area contributed by atoms with E-state index in [-0.39, 0.29) is 16.3 Å². The van der Waals surface area contributed by atoms with E-state index in [9.17, 15) is 31.4 Å². The fraction of sp³-hybridized carbons (Fsp3) is 0.290. The van der Waals surface area contributed by atoms with Gasteiger partial charge in [-0.25, -0.2) is 0 Å². The Hall–Kier alpha value is -3.67. The summed E-state index contributed by atoms with van der Waals surface area (Å²) < 4.78 is 85.0. The van der Waals surface area contributed by atoms with E-state index >= 15 is 0 Å². The van der Waals surface area contributed by atoms with Crippen molar-refractivity contribution in [3.63, 3.8) is 0 Å². The molecule has 1 fully saturated rings. The average Bonchev–Trinajstić information content (AvgIpc) is 2.98. The number of nitrogens with zero attached hydrogens (tertiary/aromatic N) is 3. The van der Waals surface area contributed by atoms with E-state index in [1.165, 1.54) is 24.3 Å². The number of ether oxygens (including phenoxy) is 1. The molecule has 0 spiro atoms. The molecule has 0 radical (unpaired) electrons. The molecule has 226 valence electrons. The van der Waals surface area contributed by atoms with Crippen molar-refractivity contribution in [1.82, 2.24) is 15.1 Å². The number of piperidine rings is 1. The lowest BCUT2D eigenvalue weighted by molar-refractivity contribution is -0.138. The first-order chi connectivity index (χ1) is 20.3. The summed E-state index contributed by atoms with van der Waals surface area (Å²) in [5, 5.41) is 19.9. The monoisotopic (exact) mass is 621 g/mol. The van der Waals surface area contributed by atoms with Gasteiger partial charge in [-0.2, -0.15) is 26.3 Å². The van der Waals surface area contributed by atoms with E-state index in [1.807, 2.05) is 12.1 Å². The van der Waals surface area contributed by atoms with E-state index in [4.69, 9.17) is 16.3 Å². The van der Waals surface area contributed by atoms with Crippen LogP contribution in [0.1, 0.15) is 40.7 Å². The van der Waals surface area contributed by atoms with Crippen molar-refractivity contribution in [2.75, 3.05) is 13.1 Å². The molecule has 0 saturated carbocycles. The Morgan fingerprint density at radius 1 is 0.698 bits per heavy atom. The van der Waals surface area contributed by atoms with Crippen LogP contribution in [-0.4, -0.2) is 33.3 Å². The highest BCUT2D eigenvalue weighted by Crippen LogP contribution is 2.44. The molecular formula is C31H26ClF6N3O2. The summed E-state index contributed by atoms with van der Waals surface area (Å²) in [6.45, 7) is 1.73. The van der Waals surface area contributed by atoms with Crippen LogP contribution in [0.2, 0.25) is 5.15 Å². The van der Waals surface area contributed by atoms with E-state index in [2.05, 4.69) is 15.1 Å². The van der Waals surface area contributed by atoms with Crippen molar-refractivity contribution in [2.45, 2.75) is 37.3 Å². The molecular weight excluding hydrogens is 596 g/mol. The largest absolute Gasteiger partial charge is 0.438 e. The Morgan fingerprint density at radius 2 is 1.19 bits per heavy atom. The van der Waals surface area contributed by atoms with Crippen molar-refractivity contribution >= 4 is 11.6 Å². The van der Waals surface area contributed by atoms with Gasteiger partial charge in [0.05, 0.1) is 11.1 Å². The molecule has 0 unspecified atom stereocenters. The number of aliphatic hydroxyl groups is 1. The van der Waals surface area contributed by atoms with Crippen molar-refractivity contribution in [2.24, 2.45) is 5.92 Å². The number of hydrogen-bond acceptors (Lipinski definition) is 5. The lowest BCUT2D eigenvalue weighted by Crippen LogP contribution is -2.44. The van der Waals surface area contributed by atoms with Crippen molar-refractivity contribution in [3.05, 3.63) is 118 Å². The first-order valence-corrected chi connectivity index (χ1v) is 13.8. The van der Waals surface area contributed by atoms with Crippen LogP contribution in [0.25, 0.3) is 0 Å². The maximum absolute atomic E-state index is 13.2. The second kappa shape index (κ2) is 12.1. The zero-order chi connectivity index (χ0) is 30.8. The molecule has 3 aromatic carbocycles. The molecule has 1 N–H and O–H groups in total. The fourth-order valence-corrected chi connectivity index (χ4v) is 5.47. The third-order valence-corrected chi connectivity index (χ3v) is 7.84. The van der Waals surface area contributed by atoms with Gasteiger partial charge in [-0.3, -0.25) is 4.90 Å². The first-order valence-electron chi connectivity index (χ1n) is 13.4. The summed E-state index contributed by atoms with van der Waals surface area (Å²) in [5.41, 5.74) is -2.14. The molecule has 4 aromatic rings. The zero-order valence-corrected chi connectivity index (χ0v) is 23.3. The molecule has 5 nitrogen and oxygen atoms in total. The number of rotatable bonds is 7. The minimum Gasteiger partial charge on any atom is -0.438 e. The first kappa shape index (κ1) is 30.8. The summed E-state index contributed by atoms with van der Waals surface area (Å²) in [6, 6.07) is 18.9. The number of likely N-dealkylation sites (tertiary alicyclic amines) is 1. The van der Waals surface area contributed by atoms with Crippen LogP contribution in [0, 0.1) is 5.92 Å². The minimum absolute atomic E-state index is 0.194. The fourth-order valence-electron chi connectivity index (χ4n) is 5.37. The molecule has 1 aliphatic heterocycles. The molecule has 1 aromatic heterocycles. The Labute approximate surface area is 248 Å². The molecule has 0 bridgehead atoms. The standard InChI is InChI=1S/C31H26ClF6N3O2/c32-27-13-14-28(40-39-27)43-26-11-1-20(2-12-26)19-41-17-15-23(16-18-41)29(42,21-3-7-24(8-4-21)30(33,34)35)22-5-9-25(10-6-22)31(36,37)38/h1-14,23,42H,15-19H2. The summed E-state index contributed by atoms with van der Waals surface area (Å²) in [7, 11) is 0. The SMILES string of the molecule is OC(c1ccc(C(F)(F)F)cc1)(c1ccc(C(F)(F)F)cc1)C1CCN(Cc2ccc(Oc3ccc(Cl)nn3)cc2)CC1. The van der Waals surface area contributed by atoms with Crippen molar-refractivity contribution < 1.29 is 36.2 Å². The molecule has 0 amide bonds. The summed E-state index contributed by atoms with van der Waals surface area (Å²) in [4.78, 5) is 2.18. The molecule has 0 atom stereocenters. The summed E-state index contributed by atoms with van der Waals surface area (Å²) >= 11 is 5.74. The van der Waals surface area contributed by atoms with Crippen LogP contribution in [0.4, 0.5) is 26.3 Å². The van der Waals surface area contributed by atoms with Crippen LogP contribution in [-0.2, 0) is 24.5 Å². The smallest absolute Gasteiger partial charge is 0.416 e. The quantitative estimate of drug-likeness (QED) is 0.211. The number of alkyl halides is 6. The minimum atomic E-state index is -4.56. The van der Waals surface area contributed by atoms with Gasteiger partial charge in [-0.1, -0.05) is 48.0 Å². The lowest BCUT2D eigenvalue weighted by atomic mass is 9.71. The third-order valence-electron chi connectivity index (χ3n) is 7.64. The van der Waals surface area contributed by atoms with Gasteiger partial charge in [0.15, 0.2) is 5.15 Å². The van der Waals surface area contributed by atoms with Gasteiger partial charge < -0.3 is 9.84 Å². The van der Waals surface area contributed by atoms with Crippen LogP contribution in [0.5, 0.6) is 11.6 Å². The molecule has 5 rings (SSSR count). The van der Waals surface area contributed by atoms with Gasteiger partial charge in [-0.05, 0) is 91.0 Å². The van der Waals surface area contributed by atoms with Crippen molar-refractivity contribution in [3.8, 4) is 11.6 Å². The molecule has 1 aliphatic rings. The average molecular weight is 622 g/mol. The van der Waals surface area contributed by atoms with Crippen LogP contribution in [0.15, 0.2) is 84.9 Å². The molecule has 2 heterocycles. The van der Waals surface area contributed by atoms with E-state index in [1.54, 1.807) is 24.3 Å². The topological polar surface area (TPSA) is 58.5 Å². The predicted molar refractivity (Wildman–Crippen MR) is 147 cm³/mol. The second-order valence-corrected chi connectivity index (χ2v) is 10.8. The second-order valence-electron chi connectivity index (χ2n) is 10.4. The maximum Gasteiger partial charge on any atom is 0.416 e. The maximum atomic E-state index is 13.2. The Bertz CT molecular complexity index is 1450. The van der Waals surface area contributed by atoms with E-state index in [0.29, 0.717) is 44.1 Å². The summed E-state index contributed by atoms with van der Waals surface area (Å²) in [5.74, 6) is 0.415. The predicted octanol–water partition coefficient (Wildman–Crippen LogP) is 8.11. The highest BCUT2D eigenvalue weighted by atomic mass is 35.5. The highest BCUT2D eigenvalue weighted by molar-refractivity contribution is 6.29. The van der Waals surface area contributed by atoms with Gasteiger partial charge in [-0.15, -0.1) is 10.2 Å². The van der Waals surface area contributed by atoms with Crippen molar-refractivity contribution in [1.29, 1.82) is 0 Å².